The third-order valence-electron chi connectivity index (χ3n) is 5.77. The molecule has 2 aromatic rings. The quantitative estimate of drug-likeness (QED) is 0.360. The third-order valence-corrected chi connectivity index (χ3v) is 6.01. The van der Waals surface area contributed by atoms with Crippen LogP contribution < -0.4 is 5.32 Å². The minimum atomic E-state index is 0. The fourth-order valence-corrected chi connectivity index (χ4v) is 4.13. The zero-order chi connectivity index (χ0) is 18.7. The summed E-state index contributed by atoms with van der Waals surface area (Å²) in [6.45, 7) is 5.80. The van der Waals surface area contributed by atoms with Gasteiger partial charge in [0.05, 0.1) is 6.54 Å². The van der Waals surface area contributed by atoms with Crippen LogP contribution in [0.15, 0.2) is 35.6 Å². The van der Waals surface area contributed by atoms with Crippen molar-refractivity contribution < 1.29 is 0 Å². The van der Waals surface area contributed by atoms with Crippen molar-refractivity contribution in [1.82, 2.24) is 25.4 Å². The first-order valence-electron chi connectivity index (χ1n) is 9.85. The number of guanidine groups is 1. The lowest BCUT2D eigenvalue weighted by Gasteiger charge is -2.33. The molecule has 8 heteroatoms. The van der Waals surface area contributed by atoms with Gasteiger partial charge < -0.3 is 10.2 Å². The maximum absolute atomic E-state index is 6.20. The average molecular weight is 515 g/mol. The summed E-state index contributed by atoms with van der Waals surface area (Å²) in [6.07, 6.45) is 6.10. The predicted molar refractivity (Wildman–Crippen MR) is 124 cm³/mol. The van der Waals surface area contributed by atoms with Crippen molar-refractivity contribution in [3.63, 3.8) is 0 Å². The number of rotatable bonds is 5. The maximum atomic E-state index is 6.20. The van der Waals surface area contributed by atoms with Gasteiger partial charge in [-0.3, -0.25) is 10.1 Å². The number of halogens is 2. The molecular formula is C20H28ClIN6. The van der Waals surface area contributed by atoms with Crippen molar-refractivity contribution in [2.24, 2.45) is 4.99 Å². The van der Waals surface area contributed by atoms with Gasteiger partial charge in [0.15, 0.2) is 5.96 Å². The predicted octanol–water partition coefficient (Wildman–Crippen LogP) is 3.95. The first-order valence-corrected chi connectivity index (χ1v) is 10.2. The summed E-state index contributed by atoms with van der Waals surface area (Å²) in [5.41, 5.74) is 1.49. The van der Waals surface area contributed by atoms with E-state index in [0.29, 0.717) is 5.92 Å². The maximum Gasteiger partial charge on any atom is 0.193 e. The summed E-state index contributed by atoms with van der Waals surface area (Å²) in [7, 11) is 0. The Morgan fingerprint density at radius 3 is 2.75 bits per heavy atom. The summed E-state index contributed by atoms with van der Waals surface area (Å²) in [4.78, 5) is 11.7. The second kappa shape index (κ2) is 9.43. The molecule has 1 saturated carbocycles. The average Bonchev–Trinajstić information content (AvgIpc) is 3.28. The molecule has 0 bridgehead atoms. The molecule has 1 aromatic carbocycles. The second-order valence-electron chi connectivity index (χ2n) is 7.59. The van der Waals surface area contributed by atoms with Crippen molar-refractivity contribution in [1.29, 1.82) is 0 Å². The van der Waals surface area contributed by atoms with Crippen LogP contribution in [0.1, 0.15) is 49.9 Å². The van der Waals surface area contributed by atoms with E-state index in [1.54, 1.807) is 6.33 Å². The number of H-pyrrole nitrogens is 1. The van der Waals surface area contributed by atoms with Gasteiger partial charge in [-0.05, 0) is 50.3 Å². The molecule has 2 aliphatic rings. The first-order chi connectivity index (χ1) is 13.2. The van der Waals surface area contributed by atoms with Crippen molar-refractivity contribution in [2.75, 3.05) is 26.2 Å². The number of aromatic amines is 1. The molecule has 1 saturated heterocycles. The van der Waals surface area contributed by atoms with Crippen LogP contribution in [-0.4, -0.2) is 52.2 Å². The second-order valence-corrected chi connectivity index (χ2v) is 8.03. The number of aromatic nitrogens is 3. The normalized spacial score (nSPS) is 19.2. The molecule has 2 heterocycles. The van der Waals surface area contributed by atoms with Gasteiger partial charge in [-0.25, -0.2) is 4.98 Å². The Bertz CT molecular complexity index is 782. The highest BCUT2D eigenvalue weighted by molar-refractivity contribution is 14.0. The monoisotopic (exact) mass is 514 g/mol. The summed E-state index contributed by atoms with van der Waals surface area (Å²) in [6, 6.07) is 8.26. The smallest absolute Gasteiger partial charge is 0.193 e. The van der Waals surface area contributed by atoms with E-state index in [0.717, 1.165) is 55.8 Å². The zero-order valence-corrected chi connectivity index (χ0v) is 19.3. The van der Waals surface area contributed by atoms with Crippen LogP contribution in [0.5, 0.6) is 0 Å². The van der Waals surface area contributed by atoms with Crippen molar-refractivity contribution >= 4 is 41.5 Å². The van der Waals surface area contributed by atoms with E-state index < -0.39 is 0 Å². The molecule has 4 rings (SSSR count). The van der Waals surface area contributed by atoms with E-state index in [2.05, 4.69) is 44.5 Å². The van der Waals surface area contributed by atoms with Gasteiger partial charge in [0.25, 0.3) is 0 Å². The standard InChI is InChI=1S/C20H27ClN6.HI/c1-2-22-19(27-10-6-15(7-11-27)18-24-14-25-26-18)23-13-20(8-9-20)16-4-3-5-17(21)12-16;/h3-5,12,14-15H,2,6-11,13H2,1H3,(H,22,23)(H,24,25,26);1H. The van der Waals surface area contributed by atoms with Crippen LogP contribution >= 0.6 is 35.6 Å². The molecule has 0 amide bonds. The SMILES string of the molecule is CCNC(=NCC1(c2cccc(Cl)c2)CC1)N1CCC(c2ncn[nH]2)CC1.I. The van der Waals surface area contributed by atoms with E-state index in [1.807, 2.05) is 12.1 Å². The molecule has 28 heavy (non-hydrogen) atoms. The number of aliphatic imine (C=N–C) groups is 1. The molecule has 0 atom stereocenters. The molecule has 0 spiro atoms. The van der Waals surface area contributed by atoms with E-state index in [4.69, 9.17) is 16.6 Å². The molecule has 152 valence electrons. The van der Waals surface area contributed by atoms with Crippen molar-refractivity contribution in [2.45, 2.75) is 43.9 Å². The van der Waals surface area contributed by atoms with Crippen LogP contribution in [-0.2, 0) is 5.41 Å². The number of nitrogens with one attached hydrogen (secondary N) is 2. The van der Waals surface area contributed by atoms with Crippen molar-refractivity contribution in [3.05, 3.63) is 47.0 Å². The van der Waals surface area contributed by atoms with Crippen LogP contribution in [0.4, 0.5) is 0 Å². The lowest BCUT2D eigenvalue weighted by Crippen LogP contribution is -2.45. The Hall–Kier alpha value is -1.35. The van der Waals surface area contributed by atoms with Crippen LogP contribution in [0, 0.1) is 0 Å². The molecule has 1 aliphatic carbocycles. The Morgan fingerprint density at radius 2 is 2.14 bits per heavy atom. The van der Waals surface area contributed by atoms with Crippen LogP contribution in [0.25, 0.3) is 0 Å². The highest BCUT2D eigenvalue weighted by Crippen LogP contribution is 2.48. The minimum absolute atomic E-state index is 0. The van der Waals surface area contributed by atoms with Gasteiger partial charge >= 0.3 is 0 Å². The minimum Gasteiger partial charge on any atom is -0.357 e. The molecule has 2 fully saturated rings. The van der Waals surface area contributed by atoms with E-state index in [1.165, 1.54) is 18.4 Å². The fraction of sp³-hybridized carbons (Fsp3) is 0.550. The number of hydrogen-bond donors (Lipinski definition) is 2. The van der Waals surface area contributed by atoms with Crippen LogP contribution in [0.2, 0.25) is 5.02 Å². The summed E-state index contributed by atoms with van der Waals surface area (Å²) < 4.78 is 0. The number of benzene rings is 1. The summed E-state index contributed by atoms with van der Waals surface area (Å²) in [5.74, 6) is 2.50. The molecular weight excluding hydrogens is 487 g/mol. The number of nitrogens with zero attached hydrogens (tertiary/aromatic N) is 4. The van der Waals surface area contributed by atoms with E-state index in [9.17, 15) is 0 Å². The number of likely N-dealkylation sites (tertiary alicyclic amines) is 1. The van der Waals surface area contributed by atoms with Gasteiger partial charge in [0, 0.05) is 36.0 Å². The van der Waals surface area contributed by atoms with Gasteiger partial charge in [0.2, 0.25) is 0 Å². The van der Waals surface area contributed by atoms with Crippen molar-refractivity contribution in [3.8, 4) is 0 Å². The first kappa shape index (κ1) is 21.4. The van der Waals surface area contributed by atoms with E-state index >= 15 is 0 Å². The molecule has 1 aromatic heterocycles. The lowest BCUT2D eigenvalue weighted by atomic mass is 9.96. The highest BCUT2D eigenvalue weighted by Gasteiger charge is 2.44. The molecule has 0 unspecified atom stereocenters. The fourth-order valence-electron chi connectivity index (χ4n) is 3.94. The van der Waals surface area contributed by atoms with Gasteiger partial charge in [0.1, 0.15) is 12.2 Å². The Labute approximate surface area is 188 Å². The van der Waals surface area contributed by atoms with Gasteiger partial charge in [-0.1, -0.05) is 23.7 Å². The molecule has 6 nitrogen and oxygen atoms in total. The molecule has 0 radical (unpaired) electrons. The van der Waals surface area contributed by atoms with Gasteiger partial charge in [-0.15, -0.1) is 24.0 Å². The zero-order valence-electron chi connectivity index (χ0n) is 16.2. The summed E-state index contributed by atoms with van der Waals surface area (Å²) >= 11 is 6.20. The Balaban J connectivity index is 0.00000225. The van der Waals surface area contributed by atoms with E-state index in [-0.39, 0.29) is 29.4 Å². The lowest BCUT2D eigenvalue weighted by molar-refractivity contribution is 0.298. The number of hydrogen-bond acceptors (Lipinski definition) is 3. The third kappa shape index (κ3) is 4.79. The molecule has 2 N–H and O–H groups in total. The molecule has 1 aliphatic heterocycles. The van der Waals surface area contributed by atoms with Gasteiger partial charge in [-0.2, -0.15) is 5.10 Å². The van der Waals surface area contributed by atoms with Crippen LogP contribution in [0.3, 0.4) is 0 Å². The largest absolute Gasteiger partial charge is 0.357 e. The topological polar surface area (TPSA) is 69.2 Å². The Morgan fingerprint density at radius 1 is 1.36 bits per heavy atom. The number of piperidine rings is 1. The highest BCUT2D eigenvalue weighted by atomic mass is 127. The summed E-state index contributed by atoms with van der Waals surface area (Å²) in [5, 5.41) is 11.3. The Kier molecular flexibility index (Phi) is 7.20.